The number of aromatic nitrogens is 2. The Bertz CT molecular complexity index is 853. The summed E-state index contributed by atoms with van der Waals surface area (Å²) >= 11 is 1.77. The van der Waals surface area contributed by atoms with Crippen LogP contribution in [0.3, 0.4) is 0 Å². The summed E-state index contributed by atoms with van der Waals surface area (Å²) in [6.07, 6.45) is 5.77. The number of rotatable bonds is 5. The van der Waals surface area contributed by atoms with Gasteiger partial charge < -0.3 is 9.88 Å². The molecule has 1 aliphatic heterocycles. The molecule has 0 amide bonds. The fourth-order valence-electron chi connectivity index (χ4n) is 3.71. The van der Waals surface area contributed by atoms with Crippen molar-refractivity contribution in [3.63, 3.8) is 0 Å². The van der Waals surface area contributed by atoms with E-state index >= 15 is 0 Å². The van der Waals surface area contributed by atoms with Crippen molar-refractivity contribution in [3.05, 3.63) is 48.3 Å². The van der Waals surface area contributed by atoms with Crippen LogP contribution in [0.5, 0.6) is 0 Å². The molecule has 4 heteroatoms. The molecule has 3 nitrogen and oxygen atoms in total. The summed E-state index contributed by atoms with van der Waals surface area (Å²) in [6, 6.07) is 16.0. The van der Waals surface area contributed by atoms with Gasteiger partial charge in [-0.3, -0.25) is 0 Å². The summed E-state index contributed by atoms with van der Waals surface area (Å²) in [4.78, 5) is 12.2. The van der Waals surface area contributed by atoms with Crippen molar-refractivity contribution < 1.29 is 0 Å². The number of H-pyrrole nitrogens is 1. The third kappa shape index (κ3) is 3.60. The second-order valence-electron chi connectivity index (χ2n) is 6.92. The van der Waals surface area contributed by atoms with Gasteiger partial charge in [-0.15, -0.1) is 11.8 Å². The lowest BCUT2D eigenvalue weighted by Crippen LogP contribution is -2.29. The topological polar surface area (TPSA) is 31.9 Å². The Morgan fingerprint density at radius 1 is 1.16 bits per heavy atom. The normalized spacial score (nSPS) is 18.2. The number of nitrogens with zero attached hydrogens (tertiary/aromatic N) is 2. The minimum Gasteiger partial charge on any atom is -0.342 e. The maximum Gasteiger partial charge on any atom is 0.108 e. The number of nitrogens with one attached hydrogen (secondary N) is 1. The molecule has 0 aliphatic carbocycles. The van der Waals surface area contributed by atoms with E-state index in [1.54, 1.807) is 11.8 Å². The predicted molar refractivity (Wildman–Crippen MR) is 107 cm³/mol. The molecule has 4 rings (SSSR count). The van der Waals surface area contributed by atoms with Crippen LogP contribution in [0.2, 0.25) is 0 Å². The fraction of sp³-hybridized carbons (Fsp3) is 0.381. The fourth-order valence-corrected chi connectivity index (χ4v) is 4.12. The number of thioether (sulfide) groups is 1. The Kier molecular flexibility index (Phi) is 4.82. The first-order valence-corrected chi connectivity index (χ1v) is 10.3. The van der Waals surface area contributed by atoms with E-state index in [0.717, 1.165) is 35.9 Å². The molecule has 2 aromatic carbocycles. The van der Waals surface area contributed by atoms with Crippen molar-refractivity contribution in [2.75, 3.05) is 19.3 Å². The predicted octanol–water partition coefficient (Wildman–Crippen LogP) is 4.98. The van der Waals surface area contributed by atoms with E-state index < -0.39 is 0 Å². The van der Waals surface area contributed by atoms with Crippen LogP contribution < -0.4 is 0 Å². The maximum absolute atomic E-state index is 4.83. The third-order valence-corrected chi connectivity index (χ3v) is 6.03. The molecule has 0 radical (unpaired) electrons. The van der Waals surface area contributed by atoms with E-state index in [-0.39, 0.29) is 0 Å². The molecule has 3 aromatic rings. The average Bonchev–Trinajstić information content (AvgIpc) is 3.24. The summed E-state index contributed by atoms with van der Waals surface area (Å²) < 4.78 is 0. The number of benzene rings is 2. The number of imidazole rings is 1. The lowest BCUT2D eigenvalue weighted by Gasteiger charge is -2.19. The minimum atomic E-state index is 0.722. The Balaban J connectivity index is 1.52. The van der Waals surface area contributed by atoms with Crippen LogP contribution >= 0.6 is 11.8 Å². The number of likely N-dealkylation sites (tertiary alicyclic amines) is 1. The minimum absolute atomic E-state index is 0.722. The Morgan fingerprint density at radius 2 is 1.96 bits per heavy atom. The Labute approximate surface area is 153 Å². The highest BCUT2D eigenvalue weighted by atomic mass is 32.2. The van der Waals surface area contributed by atoms with E-state index in [1.165, 1.54) is 35.4 Å². The van der Waals surface area contributed by atoms with E-state index in [1.807, 2.05) is 0 Å². The van der Waals surface area contributed by atoms with Gasteiger partial charge in [-0.05, 0) is 68.0 Å². The van der Waals surface area contributed by atoms with Crippen LogP contribution in [0, 0.1) is 0 Å². The molecular formula is C21H25N3S. The van der Waals surface area contributed by atoms with Gasteiger partial charge in [0.15, 0.2) is 0 Å². The second-order valence-corrected chi connectivity index (χ2v) is 7.80. The van der Waals surface area contributed by atoms with Crippen LogP contribution in [0.25, 0.3) is 22.2 Å². The highest BCUT2D eigenvalue weighted by molar-refractivity contribution is 7.98. The highest BCUT2D eigenvalue weighted by Gasteiger charge is 2.19. The molecule has 1 atom stereocenters. The zero-order chi connectivity index (χ0) is 17.2. The summed E-state index contributed by atoms with van der Waals surface area (Å²) in [5.41, 5.74) is 4.67. The second kappa shape index (κ2) is 7.22. The molecule has 1 aromatic heterocycles. The van der Waals surface area contributed by atoms with Crippen molar-refractivity contribution in [2.45, 2.75) is 37.1 Å². The first-order chi connectivity index (χ1) is 12.2. The van der Waals surface area contributed by atoms with Gasteiger partial charge in [0.25, 0.3) is 0 Å². The van der Waals surface area contributed by atoms with Gasteiger partial charge in [-0.1, -0.05) is 18.2 Å². The molecule has 1 fully saturated rings. The van der Waals surface area contributed by atoms with Gasteiger partial charge in [0.1, 0.15) is 5.82 Å². The van der Waals surface area contributed by atoms with Crippen LogP contribution in [0.15, 0.2) is 47.4 Å². The Morgan fingerprint density at radius 3 is 2.68 bits per heavy atom. The molecule has 0 bridgehead atoms. The van der Waals surface area contributed by atoms with Crippen molar-refractivity contribution in [1.82, 2.24) is 14.9 Å². The van der Waals surface area contributed by atoms with Crippen LogP contribution in [-0.4, -0.2) is 40.3 Å². The van der Waals surface area contributed by atoms with Crippen molar-refractivity contribution in [1.29, 1.82) is 0 Å². The summed E-state index contributed by atoms with van der Waals surface area (Å²) in [6.45, 7) is 4.67. The van der Waals surface area contributed by atoms with Crippen LogP contribution in [-0.2, 0) is 6.42 Å². The molecule has 2 heterocycles. The highest BCUT2D eigenvalue weighted by Crippen LogP contribution is 2.26. The molecule has 1 saturated heterocycles. The molecule has 0 spiro atoms. The summed E-state index contributed by atoms with van der Waals surface area (Å²) in [7, 11) is 0. The smallest absolute Gasteiger partial charge is 0.108 e. The lowest BCUT2D eigenvalue weighted by atomic mass is 10.1. The summed E-state index contributed by atoms with van der Waals surface area (Å²) in [5.74, 6) is 1.10. The van der Waals surface area contributed by atoms with Crippen LogP contribution in [0.1, 0.15) is 25.6 Å². The molecule has 1 aliphatic rings. The monoisotopic (exact) mass is 351 g/mol. The van der Waals surface area contributed by atoms with Gasteiger partial charge in [-0.2, -0.15) is 0 Å². The molecule has 1 N–H and O–H groups in total. The largest absolute Gasteiger partial charge is 0.342 e. The van der Waals surface area contributed by atoms with E-state index in [4.69, 9.17) is 4.98 Å². The van der Waals surface area contributed by atoms with Gasteiger partial charge in [0.2, 0.25) is 0 Å². The van der Waals surface area contributed by atoms with Gasteiger partial charge in [-0.25, -0.2) is 4.98 Å². The zero-order valence-electron chi connectivity index (χ0n) is 15.0. The van der Waals surface area contributed by atoms with E-state index in [2.05, 4.69) is 65.5 Å². The van der Waals surface area contributed by atoms with Gasteiger partial charge in [0.05, 0.1) is 11.0 Å². The zero-order valence-corrected chi connectivity index (χ0v) is 15.8. The molecule has 25 heavy (non-hydrogen) atoms. The average molecular weight is 352 g/mol. The third-order valence-electron chi connectivity index (χ3n) is 5.28. The molecule has 130 valence electrons. The van der Waals surface area contributed by atoms with Crippen LogP contribution in [0.4, 0.5) is 0 Å². The SMILES string of the molecule is CSc1ccc(-c2ccc3[nH]c(CCN4CCCC4C)nc3c2)cc1. The van der Waals surface area contributed by atoms with Crippen molar-refractivity contribution >= 4 is 22.8 Å². The first kappa shape index (κ1) is 16.7. The van der Waals surface area contributed by atoms with Crippen molar-refractivity contribution in [3.8, 4) is 11.1 Å². The quantitative estimate of drug-likeness (QED) is 0.658. The number of aromatic amines is 1. The van der Waals surface area contributed by atoms with E-state index in [9.17, 15) is 0 Å². The van der Waals surface area contributed by atoms with E-state index in [0.29, 0.717) is 0 Å². The van der Waals surface area contributed by atoms with Gasteiger partial charge >= 0.3 is 0 Å². The van der Waals surface area contributed by atoms with Crippen molar-refractivity contribution in [2.24, 2.45) is 0 Å². The molecule has 0 saturated carbocycles. The summed E-state index contributed by atoms with van der Waals surface area (Å²) in [5, 5.41) is 0. The lowest BCUT2D eigenvalue weighted by molar-refractivity contribution is 0.271. The Hall–Kier alpha value is -1.78. The molecular weight excluding hydrogens is 326 g/mol. The number of fused-ring (bicyclic) bond motifs is 1. The first-order valence-electron chi connectivity index (χ1n) is 9.10. The molecule has 1 unspecified atom stereocenters. The maximum atomic E-state index is 4.83. The standard InChI is InChI=1S/C21H25N3S/c1-15-4-3-12-24(15)13-11-21-22-19-10-7-17(14-20(19)23-21)16-5-8-18(25-2)9-6-16/h5-10,14-15H,3-4,11-13H2,1-2H3,(H,22,23). The number of hydrogen-bond donors (Lipinski definition) is 1. The number of hydrogen-bond acceptors (Lipinski definition) is 3. The van der Waals surface area contributed by atoms with Gasteiger partial charge in [0, 0.05) is 23.9 Å².